The van der Waals surface area contributed by atoms with E-state index in [0.29, 0.717) is 16.8 Å². The van der Waals surface area contributed by atoms with E-state index in [1.165, 1.54) is 0 Å². The first kappa shape index (κ1) is 17.8. The van der Waals surface area contributed by atoms with E-state index >= 15 is 0 Å². The standard InChI is InChI=1S/C18H24N4O2/c1-13-14(17(20)24)7-6-8-15(13)21-11-16(23)22(2)18(12-19)9-4-3-5-10-18/h6-8,21H,3-5,9-11H2,1-2H3,(H2,20,24). The number of hydrogen-bond donors (Lipinski definition) is 2. The van der Waals surface area contributed by atoms with Crippen LogP contribution in [0.2, 0.25) is 0 Å². The minimum atomic E-state index is -0.693. The van der Waals surface area contributed by atoms with Crippen LogP contribution in [0.25, 0.3) is 0 Å². The molecule has 2 rings (SSSR count). The molecule has 0 radical (unpaired) electrons. The summed E-state index contributed by atoms with van der Waals surface area (Å²) in [6.07, 6.45) is 4.50. The number of likely N-dealkylation sites (N-methyl/N-ethyl adjacent to an activating group) is 1. The molecule has 0 heterocycles. The Kier molecular flexibility index (Phi) is 5.45. The largest absolute Gasteiger partial charge is 0.376 e. The summed E-state index contributed by atoms with van der Waals surface area (Å²) in [4.78, 5) is 25.5. The highest BCUT2D eigenvalue weighted by Crippen LogP contribution is 2.32. The molecule has 1 aliphatic rings. The topological polar surface area (TPSA) is 99.2 Å². The lowest BCUT2D eigenvalue weighted by atomic mass is 9.81. The Morgan fingerprint density at radius 3 is 2.58 bits per heavy atom. The van der Waals surface area contributed by atoms with Gasteiger partial charge in [-0.25, -0.2) is 0 Å². The van der Waals surface area contributed by atoms with Gasteiger partial charge in [-0.15, -0.1) is 0 Å². The summed E-state index contributed by atoms with van der Waals surface area (Å²) in [5.74, 6) is -0.632. The number of benzene rings is 1. The Bertz CT molecular complexity index is 672. The number of anilines is 1. The molecule has 6 heteroatoms. The van der Waals surface area contributed by atoms with Crippen molar-refractivity contribution in [1.29, 1.82) is 5.26 Å². The number of primary amides is 1. The molecule has 1 aromatic carbocycles. The van der Waals surface area contributed by atoms with Crippen molar-refractivity contribution < 1.29 is 9.59 Å². The number of carbonyl (C=O) groups excluding carboxylic acids is 2. The van der Waals surface area contributed by atoms with Gasteiger partial charge < -0.3 is 16.0 Å². The molecule has 128 valence electrons. The third-order valence-corrected chi connectivity index (χ3v) is 4.93. The number of nitrogens with two attached hydrogens (primary N) is 1. The third-order valence-electron chi connectivity index (χ3n) is 4.93. The van der Waals surface area contributed by atoms with Crippen molar-refractivity contribution in [3.8, 4) is 6.07 Å². The maximum Gasteiger partial charge on any atom is 0.249 e. The third kappa shape index (κ3) is 3.51. The van der Waals surface area contributed by atoms with E-state index in [0.717, 1.165) is 32.1 Å². The second-order valence-corrected chi connectivity index (χ2v) is 6.35. The quantitative estimate of drug-likeness (QED) is 0.865. The molecule has 0 unspecified atom stereocenters. The van der Waals surface area contributed by atoms with Gasteiger partial charge in [0.2, 0.25) is 11.8 Å². The summed E-state index contributed by atoms with van der Waals surface area (Å²) in [7, 11) is 1.70. The van der Waals surface area contributed by atoms with Gasteiger partial charge in [0, 0.05) is 18.3 Å². The summed E-state index contributed by atoms with van der Waals surface area (Å²) in [5.41, 5.74) is 6.49. The van der Waals surface area contributed by atoms with Crippen LogP contribution in [0.3, 0.4) is 0 Å². The molecular weight excluding hydrogens is 304 g/mol. The maximum atomic E-state index is 12.5. The fourth-order valence-corrected chi connectivity index (χ4v) is 3.28. The van der Waals surface area contributed by atoms with Crippen LogP contribution in [-0.4, -0.2) is 35.8 Å². The molecule has 0 aliphatic heterocycles. The van der Waals surface area contributed by atoms with E-state index in [1.54, 1.807) is 37.1 Å². The lowest BCUT2D eigenvalue weighted by molar-refractivity contribution is -0.132. The van der Waals surface area contributed by atoms with Crippen LogP contribution in [0.15, 0.2) is 18.2 Å². The predicted molar refractivity (Wildman–Crippen MR) is 92.4 cm³/mol. The van der Waals surface area contributed by atoms with Crippen molar-refractivity contribution >= 4 is 17.5 Å². The lowest BCUT2D eigenvalue weighted by Crippen LogP contribution is -2.51. The Morgan fingerprint density at radius 1 is 1.33 bits per heavy atom. The molecule has 0 aromatic heterocycles. The maximum absolute atomic E-state index is 12.5. The molecule has 1 aliphatic carbocycles. The summed E-state index contributed by atoms with van der Waals surface area (Å²) >= 11 is 0. The van der Waals surface area contributed by atoms with Gasteiger partial charge in [0.15, 0.2) is 0 Å². The van der Waals surface area contributed by atoms with Crippen LogP contribution >= 0.6 is 0 Å². The number of carbonyl (C=O) groups is 2. The van der Waals surface area contributed by atoms with E-state index in [1.807, 2.05) is 0 Å². The van der Waals surface area contributed by atoms with Crippen molar-refractivity contribution in [2.75, 3.05) is 18.9 Å². The predicted octanol–water partition coefficient (Wildman–Crippen LogP) is 2.19. The molecule has 1 saturated carbocycles. The molecule has 6 nitrogen and oxygen atoms in total. The van der Waals surface area contributed by atoms with E-state index in [-0.39, 0.29) is 12.5 Å². The average molecular weight is 328 g/mol. The van der Waals surface area contributed by atoms with E-state index in [9.17, 15) is 14.9 Å². The average Bonchev–Trinajstić information content (AvgIpc) is 2.60. The van der Waals surface area contributed by atoms with Crippen LogP contribution in [-0.2, 0) is 4.79 Å². The highest BCUT2D eigenvalue weighted by atomic mass is 16.2. The van der Waals surface area contributed by atoms with E-state index < -0.39 is 11.4 Å². The van der Waals surface area contributed by atoms with Gasteiger partial charge in [0.1, 0.15) is 5.54 Å². The number of rotatable bonds is 5. The van der Waals surface area contributed by atoms with Gasteiger partial charge in [-0.05, 0) is 37.5 Å². The second kappa shape index (κ2) is 7.35. The summed E-state index contributed by atoms with van der Waals surface area (Å²) in [5, 5.41) is 12.6. The highest BCUT2D eigenvalue weighted by Gasteiger charge is 2.38. The van der Waals surface area contributed by atoms with Crippen LogP contribution in [0.1, 0.15) is 48.0 Å². The molecule has 24 heavy (non-hydrogen) atoms. The van der Waals surface area contributed by atoms with Gasteiger partial charge in [-0.3, -0.25) is 9.59 Å². The van der Waals surface area contributed by atoms with Crippen molar-refractivity contribution in [3.05, 3.63) is 29.3 Å². The number of nitriles is 1. The first-order valence-corrected chi connectivity index (χ1v) is 8.22. The van der Waals surface area contributed by atoms with Crippen LogP contribution in [0.5, 0.6) is 0 Å². The Hall–Kier alpha value is -2.55. The number of nitrogens with zero attached hydrogens (tertiary/aromatic N) is 2. The first-order valence-electron chi connectivity index (χ1n) is 8.22. The molecule has 0 spiro atoms. The molecule has 0 saturated heterocycles. The zero-order valence-electron chi connectivity index (χ0n) is 14.3. The van der Waals surface area contributed by atoms with Crippen molar-refractivity contribution in [1.82, 2.24) is 4.90 Å². The molecule has 0 bridgehead atoms. The summed E-state index contributed by atoms with van der Waals surface area (Å²) in [6, 6.07) is 7.53. The summed E-state index contributed by atoms with van der Waals surface area (Å²) < 4.78 is 0. The van der Waals surface area contributed by atoms with E-state index in [4.69, 9.17) is 5.73 Å². The highest BCUT2D eigenvalue weighted by molar-refractivity contribution is 5.96. The minimum Gasteiger partial charge on any atom is -0.376 e. The fourth-order valence-electron chi connectivity index (χ4n) is 3.28. The normalized spacial score (nSPS) is 16.0. The summed E-state index contributed by atoms with van der Waals surface area (Å²) in [6.45, 7) is 1.86. The number of amides is 2. The Labute approximate surface area is 142 Å². The second-order valence-electron chi connectivity index (χ2n) is 6.35. The van der Waals surface area contributed by atoms with E-state index in [2.05, 4.69) is 11.4 Å². The lowest BCUT2D eigenvalue weighted by Gasteiger charge is -2.39. The van der Waals surface area contributed by atoms with Gasteiger partial charge in [-0.2, -0.15) is 5.26 Å². The van der Waals surface area contributed by atoms with Crippen molar-refractivity contribution in [3.63, 3.8) is 0 Å². The number of hydrogen-bond acceptors (Lipinski definition) is 4. The van der Waals surface area contributed by atoms with Crippen LogP contribution in [0.4, 0.5) is 5.69 Å². The van der Waals surface area contributed by atoms with Gasteiger partial charge >= 0.3 is 0 Å². The fraction of sp³-hybridized carbons (Fsp3) is 0.500. The monoisotopic (exact) mass is 328 g/mol. The smallest absolute Gasteiger partial charge is 0.249 e. The minimum absolute atomic E-state index is 0.0724. The number of nitrogens with one attached hydrogen (secondary N) is 1. The molecule has 1 fully saturated rings. The SMILES string of the molecule is Cc1c(NCC(=O)N(C)C2(C#N)CCCCC2)cccc1C(N)=O. The molecule has 1 aromatic rings. The van der Waals surface area contributed by atoms with Gasteiger partial charge in [0.25, 0.3) is 0 Å². The molecule has 3 N–H and O–H groups in total. The van der Waals surface area contributed by atoms with Gasteiger partial charge in [0.05, 0.1) is 12.6 Å². The zero-order chi connectivity index (χ0) is 17.7. The van der Waals surface area contributed by atoms with Crippen molar-refractivity contribution in [2.45, 2.75) is 44.6 Å². The molecule has 0 atom stereocenters. The van der Waals surface area contributed by atoms with Crippen LogP contribution < -0.4 is 11.1 Å². The Balaban J connectivity index is 2.07. The first-order chi connectivity index (χ1) is 11.4. The molecular formula is C18H24N4O2. The van der Waals surface area contributed by atoms with Crippen molar-refractivity contribution in [2.24, 2.45) is 5.73 Å². The van der Waals surface area contributed by atoms with Gasteiger partial charge in [-0.1, -0.05) is 25.3 Å². The molecule has 2 amide bonds. The Morgan fingerprint density at radius 2 is 2.00 bits per heavy atom. The van der Waals surface area contributed by atoms with Crippen LogP contribution in [0, 0.1) is 18.3 Å². The zero-order valence-corrected chi connectivity index (χ0v) is 14.3.